The van der Waals surface area contributed by atoms with Gasteiger partial charge in [0.15, 0.2) is 9.84 Å². The number of benzene rings is 3. The summed E-state index contributed by atoms with van der Waals surface area (Å²) in [5.74, 6) is 1.69. The molecule has 3 nitrogen and oxygen atoms in total. The first-order valence-electron chi connectivity index (χ1n) is 8.08. The number of hydrogen-bond acceptors (Lipinski definition) is 4. The van der Waals surface area contributed by atoms with Gasteiger partial charge >= 0.3 is 0 Å². The lowest BCUT2D eigenvalue weighted by atomic mass is 10.1. The van der Waals surface area contributed by atoms with Crippen molar-refractivity contribution in [1.82, 2.24) is 0 Å². The van der Waals surface area contributed by atoms with E-state index in [1.807, 2.05) is 36.4 Å². The summed E-state index contributed by atoms with van der Waals surface area (Å²) in [6.07, 6.45) is 2.09. The average Bonchev–Trinajstić information content (AvgIpc) is 2.61. The monoisotopic (exact) mass is 372 g/mol. The van der Waals surface area contributed by atoms with Gasteiger partial charge in [-0.25, -0.2) is 8.42 Å². The van der Waals surface area contributed by atoms with Crippen molar-refractivity contribution in [2.75, 3.05) is 18.6 Å². The second kappa shape index (κ2) is 7.93. The van der Waals surface area contributed by atoms with Crippen LogP contribution in [0, 0.1) is 0 Å². The lowest BCUT2D eigenvalue weighted by Crippen LogP contribution is -2.01. The maximum atomic E-state index is 11.8. The van der Waals surface area contributed by atoms with E-state index in [9.17, 15) is 8.42 Å². The molecule has 0 bridgehead atoms. The molecule has 0 saturated carbocycles. The summed E-state index contributed by atoms with van der Waals surface area (Å²) in [5.41, 5.74) is 0. The Bertz CT molecular complexity index is 960. The lowest BCUT2D eigenvalue weighted by molar-refractivity contribution is 0.322. The summed E-state index contributed by atoms with van der Waals surface area (Å²) in [5, 5.41) is 2.27. The fraction of sp³-hybridized carbons (Fsp3) is 0.200. The van der Waals surface area contributed by atoms with Gasteiger partial charge in [0.05, 0.1) is 11.5 Å². The Balaban J connectivity index is 1.56. The molecule has 0 aliphatic rings. The van der Waals surface area contributed by atoms with Gasteiger partial charge in [-0.2, -0.15) is 0 Å². The smallest absolute Gasteiger partial charge is 0.176 e. The molecule has 0 spiro atoms. The molecule has 0 aliphatic carbocycles. The zero-order valence-corrected chi connectivity index (χ0v) is 15.6. The van der Waals surface area contributed by atoms with Crippen molar-refractivity contribution >= 4 is 32.4 Å². The molecule has 3 rings (SSSR count). The van der Waals surface area contributed by atoms with Gasteiger partial charge in [-0.15, -0.1) is 11.8 Å². The van der Waals surface area contributed by atoms with Crippen LogP contribution in [-0.2, 0) is 9.84 Å². The third-order valence-electron chi connectivity index (χ3n) is 3.80. The number of ether oxygens (including phenoxy) is 1. The zero-order valence-electron chi connectivity index (χ0n) is 14.0. The van der Waals surface area contributed by atoms with E-state index in [1.54, 1.807) is 23.9 Å². The summed E-state index contributed by atoms with van der Waals surface area (Å²) in [4.78, 5) is 1.20. The molecule has 0 aromatic heterocycles. The second-order valence-electron chi connectivity index (χ2n) is 5.75. The Morgan fingerprint density at radius 3 is 2.48 bits per heavy atom. The minimum Gasteiger partial charge on any atom is -0.493 e. The van der Waals surface area contributed by atoms with Crippen LogP contribution in [0.5, 0.6) is 5.75 Å². The van der Waals surface area contributed by atoms with Crippen LogP contribution < -0.4 is 4.74 Å². The molecule has 0 radical (unpaired) electrons. The third kappa shape index (κ3) is 4.55. The first-order valence-corrected chi connectivity index (χ1v) is 11.0. The molecule has 3 aromatic rings. The Kier molecular flexibility index (Phi) is 5.66. The van der Waals surface area contributed by atoms with E-state index >= 15 is 0 Å². The van der Waals surface area contributed by atoms with E-state index in [4.69, 9.17) is 4.74 Å². The van der Waals surface area contributed by atoms with Crippen molar-refractivity contribution in [3.63, 3.8) is 0 Å². The quantitative estimate of drug-likeness (QED) is 0.441. The van der Waals surface area contributed by atoms with Crippen LogP contribution in [0.4, 0.5) is 0 Å². The van der Waals surface area contributed by atoms with Crippen LogP contribution in [0.3, 0.4) is 0 Å². The van der Waals surface area contributed by atoms with Crippen molar-refractivity contribution in [2.45, 2.75) is 16.2 Å². The maximum Gasteiger partial charge on any atom is 0.176 e. The van der Waals surface area contributed by atoms with E-state index in [1.165, 1.54) is 6.26 Å². The van der Waals surface area contributed by atoms with Gasteiger partial charge in [0.25, 0.3) is 0 Å². The maximum absolute atomic E-state index is 11.8. The summed E-state index contributed by atoms with van der Waals surface area (Å²) < 4.78 is 29.6. The Morgan fingerprint density at radius 1 is 0.920 bits per heavy atom. The van der Waals surface area contributed by atoms with E-state index in [0.29, 0.717) is 11.5 Å². The average molecular weight is 373 g/mol. The van der Waals surface area contributed by atoms with Crippen molar-refractivity contribution in [3.05, 3.63) is 66.7 Å². The summed E-state index contributed by atoms with van der Waals surface area (Å²) in [6.45, 7) is 0.599. The molecular weight excluding hydrogens is 352 g/mol. The highest BCUT2D eigenvalue weighted by Gasteiger charge is 2.12. The number of sulfone groups is 1. The van der Waals surface area contributed by atoms with Crippen LogP contribution in [-0.4, -0.2) is 27.0 Å². The first kappa shape index (κ1) is 17.8. The molecule has 0 amide bonds. The van der Waals surface area contributed by atoms with Gasteiger partial charge in [0.2, 0.25) is 0 Å². The lowest BCUT2D eigenvalue weighted by Gasteiger charge is -2.10. The summed E-state index contributed by atoms with van der Waals surface area (Å²) in [6, 6.07) is 21.3. The van der Waals surface area contributed by atoms with Gasteiger partial charge < -0.3 is 4.74 Å². The van der Waals surface area contributed by atoms with Crippen LogP contribution in [0.2, 0.25) is 0 Å². The summed E-state index contributed by atoms with van der Waals surface area (Å²) >= 11 is 1.55. The minimum absolute atomic E-state index is 0.398. The van der Waals surface area contributed by atoms with Crippen LogP contribution in [0.25, 0.3) is 10.8 Å². The minimum atomic E-state index is -3.20. The molecule has 130 valence electrons. The molecule has 0 unspecified atom stereocenters. The topological polar surface area (TPSA) is 43.4 Å². The predicted octanol–water partition coefficient (Wildman–Crippen LogP) is 4.80. The number of thioether (sulfide) groups is 1. The van der Waals surface area contributed by atoms with Crippen LogP contribution >= 0.6 is 11.8 Å². The highest BCUT2D eigenvalue weighted by atomic mass is 32.2. The SMILES string of the molecule is CS(=O)(=O)c1ccccc1SCCCOc1cccc2ccccc12. The molecule has 0 heterocycles. The Hall–Kier alpha value is -1.98. The normalized spacial score (nSPS) is 11.6. The van der Waals surface area contributed by atoms with Crippen LogP contribution in [0.1, 0.15) is 6.42 Å². The van der Waals surface area contributed by atoms with Gasteiger partial charge in [-0.05, 0) is 30.0 Å². The van der Waals surface area contributed by atoms with Gasteiger partial charge in [0.1, 0.15) is 5.75 Å². The molecule has 0 fully saturated rings. The second-order valence-corrected chi connectivity index (χ2v) is 8.87. The first-order chi connectivity index (χ1) is 12.1. The van der Waals surface area contributed by atoms with E-state index in [2.05, 4.69) is 18.2 Å². The van der Waals surface area contributed by atoms with E-state index < -0.39 is 9.84 Å². The molecule has 5 heteroatoms. The van der Waals surface area contributed by atoms with Crippen LogP contribution in [0.15, 0.2) is 76.5 Å². The van der Waals surface area contributed by atoms with Crippen molar-refractivity contribution in [1.29, 1.82) is 0 Å². The highest BCUT2D eigenvalue weighted by molar-refractivity contribution is 8.00. The predicted molar refractivity (Wildman–Crippen MR) is 104 cm³/mol. The number of fused-ring (bicyclic) bond motifs is 1. The highest BCUT2D eigenvalue weighted by Crippen LogP contribution is 2.28. The van der Waals surface area contributed by atoms with E-state index in [0.717, 1.165) is 33.6 Å². The van der Waals surface area contributed by atoms with Crippen molar-refractivity contribution < 1.29 is 13.2 Å². The standard InChI is InChI=1S/C20H20O3S2/c1-25(21,22)20-13-5-4-12-19(20)24-15-7-14-23-18-11-6-9-16-8-2-3-10-17(16)18/h2-6,8-13H,7,14-15H2,1H3. The fourth-order valence-electron chi connectivity index (χ4n) is 2.62. The largest absolute Gasteiger partial charge is 0.493 e. The molecule has 0 aliphatic heterocycles. The Labute approximate surface area is 152 Å². The fourth-order valence-corrected chi connectivity index (χ4v) is 4.88. The zero-order chi connectivity index (χ0) is 17.7. The van der Waals surface area contributed by atoms with Gasteiger partial charge in [-0.1, -0.05) is 48.5 Å². The van der Waals surface area contributed by atoms with E-state index in [-0.39, 0.29) is 0 Å². The molecule has 25 heavy (non-hydrogen) atoms. The van der Waals surface area contributed by atoms with Crippen molar-refractivity contribution in [3.8, 4) is 5.75 Å². The van der Waals surface area contributed by atoms with Gasteiger partial charge in [0, 0.05) is 22.3 Å². The third-order valence-corrected chi connectivity index (χ3v) is 6.25. The summed E-state index contributed by atoms with van der Waals surface area (Å²) in [7, 11) is -3.20. The van der Waals surface area contributed by atoms with Crippen molar-refractivity contribution in [2.24, 2.45) is 0 Å². The molecule has 0 saturated heterocycles. The number of hydrogen-bond donors (Lipinski definition) is 0. The molecule has 0 N–H and O–H groups in total. The molecular formula is C20H20O3S2. The number of rotatable bonds is 7. The van der Waals surface area contributed by atoms with Gasteiger partial charge in [-0.3, -0.25) is 0 Å². The Morgan fingerprint density at radius 2 is 1.64 bits per heavy atom. The molecule has 0 atom stereocenters. The molecule has 3 aromatic carbocycles.